The number of para-hydroxylation sites is 1. The summed E-state index contributed by atoms with van der Waals surface area (Å²) in [7, 11) is -3.59. The van der Waals surface area contributed by atoms with Gasteiger partial charge in [0, 0.05) is 51.9 Å². The van der Waals surface area contributed by atoms with Gasteiger partial charge in [0.15, 0.2) is 0 Å². The van der Waals surface area contributed by atoms with Crippen molar-refractivity contribution in [3.05, 3.63) is 90.5 Å². The molecule has 7 heteroatoms. The van der Waals surface area contributed by atoms with E-state index in [1.54, 1.807) is 12.1 Å². The second-order valence-electron chi connectivity index (χ2n) is 9.90. The van der Waals surface area contributed by atoms with Gasteiger partial charge in [-0.1, -0.05) is 61.0 Å². The number of carbonyl (C=O) groups is 1. The first kappa shape index (κ1) is 25.9. The van der Waals surface area contributed by atoms with Gasteiger partial charge in [-0.2, -0.15) is 0 Å². The number of benzene rings is 4. The number of hydrogen-bond donors (Lipinski definition) is 2. The van der Waals surface area contributed by atoms with Crippen LogP contribution in [0.2, 0.25) is 0 Å². The second-order valence-corrected chi connectivity index (χ2v) is 11.6. The SMILES string of the molecule is CC(C)n1c2ccccc2c2cc(C(=O)NCCCCCNS(=O)(=O)c3cccc4ccccc34)ccc21. The molecule has 0 aliphatic rings. The molecule has 0 spiro atoms. The number of carbonyl (C=O) groups excluding carboxylic acids is 1. The summed E-state index contributed by atoms with van der Waals surface area (Å²) in [5, 5.41) is 6.86. The summed E-state index contributed by atoms with van der Waals surface area (Å²) in [6.45, 7) is 5.24. The van der Waals surface area contributed by atoms with E-state index in [1.807, 2.05) is 60.7 Å². The molecule has 0 saturated heterocycles. The summed E-state index contributed by atoms with van der Waals surface area (Å²) in [6.07, 6.45) is 2.27. The molecule has 1 amide bonds. The molecule has 0 atom stereocenters. The van der Waals surface area contributed by atoms with E-state index in [0.717, 1.165) is 39.9 Å². The van der Waals surface area contributed by atoms with Gasteiger partial charge in [-0.15, -0.1) is 0 Å². The number of hydrogen-bond acceptors (Lipinski definition) is 3. The normalized spacial score (nSPS) is 12.1. The zero-order valence-electron chi connectivity index (χ0n) is 21.8. The maximum absolute atomic E-state index is 12.8. The Morgan fingerprint density at radius 3 is 2.26 bits per heavy atom. The van der Waals surface area contributed by atoms with Crippen molar-refractivity contribution in [3.63, 3.8) is 0 Å². The van der Waals surface area contributed by atoms with Gasteiger partial charge in [-0.3, -0.25) is 4.79 Å². The molecule has 1 heterocycles. The predicted molar refractivity (Wildman–Crippen MR) is 155 cm³/mol. The van der Waals surface area contributed by atoms with Crippen molar-refractivity contribution in [1.29, 1.82) is 0 Å². The third-order valence-corrected chi connectivity index (χ3v) is 8.48. The average molecular weight is 528 g/mol. The van der Waals surface area contributed by atoms with Crippen molar-refractivity contribution in [1.82, 2.24) is 14.6 Å². The number of amides is 1. The first-order valence-corrected chi connectivity index (χ1v) is 14.6. The van der Waals surface area contributed by atoms with E-state index in [2.05, 4.69) is 40.6 Å². The van der Waals surface area contributed by atoms with Crippen LogP contribution in [-0.4, -0.2) is 32.0 Å². The Kier molecular flexibility index (Phi) is 7.49. The van der Waals surface area contributed by atoms with Crippen molar-refractivity contribution in [2.75, 3.05) is 13.1 Å². The molecular weight excluding hydrogens is 494 g/mol. The van der Waals surface area contributed by atoms with Gasteiger partial charge >= 0.3 is 0 Å². The van der Waals surface area contributed by atoms with E-state index in [4.69, 9.17) is 0 Å². The van der Waals surface area contributed by atoms with Crippen LogP contribution in [0.1, 0.15) is 49.5 Å². The summed E-state index contributed by atoms with van der Waals surface area (Å²) in [4.78, 5) is 13.1. The Morgan fingerprint density at radius 1 is 0.763 bits per heavy atom. The fourth-order valence-electron chi connectivity index (χ4n) is 5.15. The van der Waals surface area contributed by atoms with Gasteiger partial charge in [0.2, 0.25) is 10.0 Å². The smallest absolute Gasteiger partial charge is 0.251 e. The Labute approximate surface area is 223 Å². The van der Waals surface area contributed by atoms with Crippen molar-refractivity contribution in [2.45, 2.75) is 44.0 Å². The molecule has 4 aromatic carbocycles. The van der Waals surface area contributed by atoms with Crippen LogP contribution in [0.25, 0.3) is 32.6 Å². The van der Waals surface area contributed by atoms with Crippen LogP contribution in [0, 0.1) is 0 Å². The minimum atomic E-state index is -3.59. The van der Waals surface area contributed by atoms with Crippen molar-refractivity contribution in [3.8, 4) is 0 Å². The van der Waals surface area contributed by atoms with Crippen molar-refractivity contribution >= 4 is 48.5 Å². The highest BCUT2D eigenvalue weighted by Gasteiger charge is 2.17. The van der Waals surface area contributed by atoms with Crippen LogP contribution < -0.4 is 10.0 Å². The summed E-state index contributed by atoms with van der Waals surface area (Å²) in [5.74, 6) is -0.0927. The van der Waals surface area contributed by atoms with Gasteiger partial charge in [-0.05, 0) is 62.4 Å². The van der Waals surface area contributed by atoms with Crippen LogP contribution in [0.4, 0.5) is 0 Å². The fourth-order valence-corrected chi connectivity index (χ4v) is 6.45. The highest BCUT2D eigenvalue weighted by Crippen LogP contribution is 2.32. The average Bonchev–Trinajstić information content (AvgIpc) is 3.26. The molecule has 5 aromatic rings. The highest BCUT2D eigenvalue weighted by atomic mass is 32.2. The number of sulfonamides is 1. The van der Waals surface area contributed by atoms with Crippen LogP contribution in [0.5, 0.6) is 0 Å². The lowest BCUT2D eigenvalue weighted by Crippen LogP contribution is -2.26. The zero-order valence-corrected chi connectivity index (χ0v) is 22.6. The summed E-state index contributed by atoms with van der Waals surface area (Å²) < 4.78 is 30.7. The molecule has 2 N–H and O–H groups in total. The van der Waals surface area contributed by atoms with Gasteiger partial charge in [0.05, 0.1) is 4.90 Å². The van der Waals surface area contributed by atoms with E-state index in [0.29, 0.717) is 36.0 Å². The zero-order chi connectivity index (χ0) is 26.7. The van der Waals surface area contributed by atoms with Gasteiger partial charge in [-0.25, -0.2) is 13.1 Å². The van der Waals surface area contributed by atoms with Crippen LogP contribution >= 0.6 is 0 Å². The molecule has 0 radical (unpaired) electrons. The molecule has 196 valence electrons. The largest absolute Gasteiger partial charge is 0.352 e. The monoisotopic (exact) mass is 527 g/mol. The number of nitrogens with one attached hydrogen (secondary N) is 2. The number of rotatable bonds is 10. The van der Waals surface area contributed by atoms with E-state index >= 15 is 0 Å². The van der Waals surface area contributed by atoms with Crippen LogP contribution in [0.3, 0.4) is 0 Å². The van der Waals surface area contributed by atoms with E-state index in [9.17, 15) is 13.2 Å². The summed E-state index contributed by atoms with van der Waals surface area (Å²) in [6, 6.07) is 27.3. The molecule has 1 aromatic heterocycles. The minimum absolute atomic E-state index is 0.0927. The number of fused-ring (bicyclic) bond motifs is 4. The second kappa shape index (κ2) is 11.0. The first-order chi connectivity index (χ1) is 18.4. The molecule has 0 bridgehead atoms. The third-order valence-electron chi connectivity index (χ3n) is 6.96. The highest BCUT2D eigenvalue weighted by molar-refractivity contribution is 7.89. The molecule has 0 saturated carbocycles. The van der Waals surface area contributed by atoms with Crippen LogP contribution in [-0.2, 0) is 10.0 Å². The quantitative estimate of drug-likeness (QED) is 0.206. The fraction of sp³-hybridized carbons (Fsp3) is 0.258. The van der Waals surface area contributed by atoms with Crippen molar-refractivity contribution in [2.24, 2.45) is 0 Å². The maximum Gasteiger partial charge on any atom is 0.251 e. The topological polar surface area (TPSA) is 80.2 Å². The number of aromatic nitrogens is 1. The van der Waals surface area contributed by atoms with E-state index < -0.39 is 10.0 Å². The predicted octanol–water partition coefficient (Wildman–Crippen LogP) is 6.41. The maximum atomic E-state index is 12.8. The third kappa shape index (κ3) is 5.17. The van der Waals surface area contributed by atoms with E-state index in [1.165, 1.54) is 5.52 Å². The molecule has 38 heavy (non-hydrogen) atoms. The number of nitrogens with zero attached hydrogens (tertiary/aromatic N) is 1. The molecule has 5 rings (SSSR count). The molecule has 0 aliphatic heterocycles. The van der Waals surface area contributed by atoms with Gasteiger partial charge in [0.25, 0.3) is 5.91 Å². The summed E-state index contributed by atoms with van der Waals surface area (Å²) >= 11 is 0. The molecule has 0 aliphatic carbocycles. The Balaban J connectivity index is 1.13. The standard InChI is InChI=1S/C31H33N3O3S/c1-22(2)34-28-15-7-6-14-26(28)27-21-24(17-18-29(27)34)31(35)32-19-8-3-9-20-33-38(36,37)30-16-10-12-23-11-4-5-13-25(23)30/h4-7,10-18,21-22,33H,3,8-9,19-20H2,1-2H3,(H,32,35). The lowest BCUT2D eigenvalue weighted by atomic mass is 10.1. The lowest BCUT2D eigenvalue weighted by Gasteiger charge is -2.11. The molecule has 6 nitrogen and oxygen atoms in total. The lowest BCUT2D eigenvalue weighted by molar-refractivity contribution is 0.0953. The van der Waals surface area contributed by atoms with Crippen LogP contribution in [0.15, 0.2) is 89.8 Å². The van der Waals surface area contributed by atoms with E-state index in [-0.39, 0.29) is 5.91 Å². The van der Waals surface area contributed by atoms with Crippen molar-refractivity contribution < 1.29 is 13.2 Å². The Bertz CT molecular complexity index is 1720. The first-order valence-electron chi connectivity index (χ1n) is 13.1. The Morgan fingerprint density at radius 2 is 1.45 bits per heavy atom. The molecule has 0 fully saturated rings. The summed E-state index contributed by atoms with van der Waals surface area (Å²) in [5.41, 5.74) is 2.95. The van der Waals surface area contributed by atoms with Gasteiger partial charge in [0.1, 0.15) is 0 Å². The molecular formula is C31H33N3O3S. The molecule has 0 unspecified atom stereocenters. The van der Waals surface area contributed by atoms with Gasteiger partial charge < -0.3 is 9.88 Å². The number of unbranched alkanes of at least 4 members (excludes halogenated alkanes) is 2. The Hall–Kier alpha value is -3.68. The minimum Gasteiger partial charge on any atom is -0.352 e.